The molecule has 0 aliphatic heterocycles. The predicted molar refractivity (Wildman–Crippen MR) is 207 cm³/mol. The molecule has 0 amide bonds. The van der Waals surface area contributed by atoms with Crippen LogP contribution in [0.3, 0.4) is 0 Å². The van der Waals surface area contributed by atoms with Crippen molar-refractivity contribution in [3.63, 3.8) is 0 Å². The molecular weight excluding hydrogens is 611 g/mol. The fourth-order valence-corrected chi connectivity index (χ4v) is 8.00. The molecule has 11 aromatic rings. The summed E-state index contributed by atoms with van der Waals surface area (Å²) in [4.78, 5) is 10.8. The predicted octanol–water partition coefficient (Wildman–Crippen LogP) is 12.3. The van der Waals surface area contributed by atoms with Crippen LogP contribution >= 0.6 is 0 Å². The normalized spacial score (nSPS) is 12.0. The number of nitrogens with zero attached hydrogens (tertiary/aromatic N) is 3. The van der Waals surface area contributed by atoms with Crippen LogP contribution in [-0.2, 0) is 0 Å². The molecule has 4 nitrogen and oxygen atoms in total. The summed E-state index contributed by atoms with van der Waals surface area (Å²) in [6, 6.07) is 57.6. The van der Waals surface area contributed by atoms with Crippen LogP contribution < -0.4 is 0 Å². The van der Waals surface area contributed by atoms with Gasteiger partial charge >= 0.3 is 0 Å². The number of benzene rings is 8. The molecule has 3 aromatic heterocycles. The van der Waals surface area contributed by atoms with Gasteiger partial charge in [-0.15, -0.1) is 0 Å². The number of para-hydroxylation sites is 4. The summed E-state index contributed by atoms with van der Waals surface area (Å²) < 4.78 is 8.80. The highest BCUT2D eigenvalue weighted by Crippen LogP contribution is 2.46. The highest BCUT2D eigenvalue weighted by atomic mass is 16.3. The molecule has 0 saturated carbocycles. The maximum atomic E-state index is 6.41. The molecule has 11 rings (SSSR count). The van der Waals surface area contributed by atoms with E-state index in [1.807, 2.05) is 36.4 Å². The van der Waals surface area contributed by atoms with Gasteiger partial charge in [-0.1, -0.05) is 133 Å². The third kappa shape index (κ3) is 3.81. The van der Waals surface area contributed by atoms with Gasteiger partial charge in [-0.3, -0.25) is 4.57 Å². The molecular formula is C46H27N3O. The van der Waals surface area contributed by atoms with E-state index in [4.69, 9.17) is 14.4 Å². The van der Waals surface area contributed by atoms with E-state index in [1.54, 1.807) is 0 Å². The summed E-state index contributed by atoms with van der Waals surface area (Å²) >= 11 is 0. The second kappa shape index (κ2) is 10.4. The number of aromatic nitrogens is 3. The lowest BCUT2D eigenvalue weighted by molar-refractivity contribution is 0.669. The molecule has 0 bridgehead atoms. The topological polar surface area (TPSA) is 43.9 Å². The largest absolute Gasteiger partial charge is 0.456 e. The van der Waals surface area contributed by atoms with Gasteiger partial charge in [-0.25, -0.2) is 9.97 Å². The smallest absolute Gasteiger partial charge is 0.165 e. The van der Waals surface area contributed by atoms with Gasteiger partial charge in [-0.2, -0.15) is 0 Å². The van der Waals surface area contributed by atoms with E-state index >= 15 is 0 Å². The van der Waals surface area contributed by atoms with Crippen molar-refractivity contribution in [2.24, 2.45) is 0 Å². The Balaban J connectivity index is 1.37. The molecule has 0 aliphatic rings. The highest BCUT2D eigenvalue weighted by Gasteiger charge is 2.25. The van der Waals surface area contributed by atoms with E-state index in [9.17, 15) is 0 Å². The molecule has 232 valence electrons. The minimum absolute atomic E-state index is 0.799. The van der Waals surface area contributed by atoms with Crippen LogP contribution in [0.4, 0.5) is 0 Å². The zero-order valence-corrected chi connectivity index (χ0v) is 26.8. The first-order valence-electron chi connectivity index (χ1n) is 16.9. The summed E-state index contributed by atoms with van der Waals surface area (Å²) in [7, 11) is 0. The lowest BCUT2D eigenvalue weighted by atomic mass is 9.96. The minimum atomic E-state index is 0.799. The maximum Gasteiger partial charge on any atom is 0.165 e. The first-order chi connectivity index (χ1) is 24.8. The van der Waals surface area contributed by atoms with Crippen molar-refractivity contribution in [3.8, 4) is 28.2 Å². The van der Waals surface area contributed by atoms with Crippen molar-refractivity contribution in [1.29, 1.82) is 0 Å². The summed E-state index contributed by atoms with van der Waals surface area (Å²) in [5.74, 6) is 0.799. The molecule has 0 spiro atoms. The number of hydrogen-bond acceptors (Lipinski definition) is 3. The highest BCUT2D eigenvalue weighted by molar-refractivity contribution is 6.33. The van der Waals surface area contributed by atoms with Crippen LogP contribution in [0.25, 0.3) is 105 Å². The standard InChI is InChI=1S/C46H27N3O/c1-2-13-28(14-3-1)43-46(48-39-23-10-9-22-38(39)47-43)49-44-30(29-25-26-34-33-17-8-11-24-40(33)50-41(34)27-29)20-12-21-37(44)42-35-18-6-4-15-31(35)32-16-5-7-19-36(32)45(42)49/h1-27H. The Labute approximate surface area is 286 Å². The summed E-state index contributed by atoms with van der Waals surface area (Å²) in [5, 5.41) is 9.43. The molecule has 0 atom stereocenters. The Morgan fingerprint density at radius 3 is 1.84 bits per heavy atom. The van der Waals surface area contributed by atoms with Gasteiger partial charge in [0.1, 0.15) is 16.9 Å². The quantitative estimate of drug-likeness (QED) is 0.181. The summed E-state index contributed by atoms with van der Waals surface area (Å²) in [6.45, 7) is 0. The summed E-state index contributed by atoms with van der Waals surface area (Å²) in [6.07, 6.45) is 0. The van der Waals surface area contributed by atoms with E-state index in [0.717, 1.165) is 77.6 Å². The van der Waals surface area contributed by atoms with E-state index in [0.29, 0.717) is 0 Å². The van der Waals surface area contributed by atoms with Crippen molar-refractivity contribution in [3.05, 3.63) is 164 Å². The fraction of sp³-hybridized carbons (Fsp3) is 0. The van der Waals surface area contributed by atoms with Crippen molar-refractivity contribution < 1.29 is 4.42 Å². The molecule has 4 heteroatoms. The Morgan fingerprint density at radius 2 is 1.02 bits per heavy atom. The lowest BCUT2D eigenvalue weighted by Crippen LogP contribution is -2.04. The molecule has 0 aliphatic carbocycles. The van der Waals surface area contributed by atoms with Gasteiger partial charge in [0.2, 0.25) is 0 Å². The Bertz CT molecular complexity index is 3150. The van der Waals surface area contributed by atoms with E-state index in [-0.39, 0.29) is 0 Å². The number of rotatable bonds is 3. The van der Waals surface area contributed by atoms with Gasteiger partial charge in [0, 0.05) is 38.1 Å². The zero-order chi connectivity index (χ0) is 32.8. The van der Waals surface area contributed by atoms with Gasteiger partial charge < -0.3 is 4.42 Å². The first-order valence-corrected chi connectivity index (χ1v) is 16.9. The van der Waals surface area contributed by atoms with Crippen LogP contribution in [0.1, 0.15) is 0 Å². The third-order valence-electron chi connectivity index (χ3n) is 10.2. The fourth-order valence-electron chi connectivity index (χ4n) is 8.00. The van der Waals surface area contributed by atoms with Gasteiger partial charge in [0.25, 0.3) is 0 Å². The van der Waals surface area contributed by atoms with Crippen LogP contribution in [-0.4, -0.2) is 14.5 Å². The molecule has 0 radical (unpaired) electrons. The first kappa shape index (κ1) is 27.2. The maximum absolute atomic E-state index is 6.41. The SMILES string of the molecule is c1ccc(-c2nc3ccccc3nc2-n2c3c(-c4ccc5c(c4)oc4ccccc45)cccc3c3c4ccccc4c4ccccc4c32)cc1. The van der Waals surface area contributed by atoms with Crippen LogP contribution in [0, 0.1) is 0 Å². The Morgan fingerprint density at radius 1 is 0.400 bits per heavy atom. The third-order valence-corrected chi connectivity index (χ3v) is 10.2. The second-order valence-electron chi connectivity index (χ2n) is 12.9. The van der Waals surface area contributed by atoms with Crippen molar-refractivity contribution in [2.75, 3.05) is 0 Å². The van der Waals surface area contributed by atoms with Crippen LogP contribution in [0.5, 0.6) is 0 Å². The average Bonchev–Trinajstić information content (AvgIpc) is 3.74. The molecule has 3 heterocycles. The van der Waals surface area contributed by atoms with Gasteiger partial charge in [-0.05, 0) is 52.1 Å². The molecule has 50 heavy (non-hydrogen) atoms. The lowest BCUT2D eigenvalue weighted by Gasteiger charge is -2.16. The number of hydrogen-bond donors (Lipinski definition) is 0. The molecule has 0 saturated heterocycles. The Kier molecular flexibility index (Phi) is 5.63. The van der Waals surface area contributed by atoms with E-state index < -0.39 is 0 Å². The van der Waals surface area contributed by atoms with Gasteiger partial charge in [0.15, 0.2) is 5.82 Å². The zero-order valence-electron chi connectivity index (χ0n) is 26.8. The van der Waals surface area contributed by atoms with Crippen molar-refractivity contribution in [1.82, 2.24) is 14.5 Å². The van der Waals surface area contributed by atoms with Crippen LogP contribution in [0.2, 0.25) is 0 Å². The molecule has 0 unspecified atom stereocenters. The van der Waals surface area contributed by atoms with Crippen LogP contribution in [0.15, 0.2) is 168 Å². The number of fused-ring (bicyclic) bond motifs is 12. The van der Waals surface area contributed by atoms with Crippen molar-refractivity contribution >= 4 is 76.3 Å². The van der Waals surface area contributed by atoms with Gasteiger partial charge in [0.05, 0.1) is 22.1 Å². The van der Waals surface area contributed by atoms with E-state index in [1.165, 1.54) is 26.9 Å². The molecule has 0 fully saturated rings. The molecule has 8 aromatic carbocycles. The summed E-state index contributed by atoms with van der Waals surface area (Å²) in [5.41, 5.74) is 9.71. The second-order valence-corrected chi connectivity index (χ2v) is 12.9. The van der Waals surface area contributed by atoms with E-state index in [2.05, 4.69) is 132 Å². The number of furan rings is 1. The molecule has 0 N–H and O–H groups in total. The Hall–Kier alpha value is -6.78. The average molecular weight is 638 g/mol. The minimum Gasteiger partial charge on any atom is -0.456 e. The van der Waals surface area contributed by atoms with Crippen molar-refractivity contribution in [2.45, 2.75) is 0 Å². The monoisotopic (exact) mass is 637 g/mol.